The molecule has 2 amide bonds. The number of likely N-dealkylation sites (tertiary alicyclic amines) is 1. The summed E-state index contributed by atoms with van der Waals surface area (Å²) in [6.07, 6.45) is 8.40. The number of thioether (sulfide) groups is 1. The van der Waals surface area contributed by atoms with Gasteiger partial charge in [0.1, 0.15) is 5.69 Å². The van der Waals surface area contributed by atoms with Gasteiger partial charge in [0.05, 0.1) is 6.20 Å². The van der Waals surface area contributed by atoms with Crippen molar-refractivity contribution in [3.8, 4) is 5.69 Å². The van der Waals surface area contributed by atoms with Gasteiger partial charge in [-0.25, -0.2) is 4.98 Å². The number of carbonyl (C=O) groups is 2. The molecule has 6 nitrogen and oxygen atoms in total. The van der Waals surface area contributed by atoms with E-state index in [0.29, 0.717) is 18.7 Å². The Labute approximate surface area is 164 Å². The van der Waals surface area contributed by atoms with E-state index in [1.165, 1.54) is 24.6 Å². The van der Waals surface area contributed by atoms with E-state index in [2.05, 4.69) is 10.3 Å². The number of nitrogens with zero attached hydrogens (tertiary/aromatic N) is 3. The smallest absolute Gasteiger partial charge is 0.269 e. The number of amides is 2. The molecule has 1 aliphatic heterocycles. The minimum atomic E-state index is -0.213. The van der Waals surface area contributed by atoms with Crippen molar-refractivity contribution >= 4 is 23.6 Å². The SMILES string of the molecule is CSc1ncc(C(=O)NCCC(=O)N2CCCCCC2)n1-c1ccccc1. The van der Waals surface area contributed by atoms with Crippen LogP contribution in [0.5, 0.6) is 0 Å². The number of aromatic nitrogens is 2. The van der Waals surface area contributed by atoms with E-state index in [0.717, 1.165) is 36.8 Å². The summed E-state index contributed by atoms with van der Waals surface area (Å²) in [5.74, 6) is -0.0890. The van der Waals surface area contributed by atoms with Gasteiger partial charge in [-0.2, -0.15) is 0 Å². The molecule has 0 spiro atoms. The van der Waals surface area contributed by atoms with Crippen LogP contribution in [0.15, 0.2) is 41.7 Å². The highest BCUT2D eigenvalue weighted by Crippen LogP contribution is 2.21. The molecule has 27 heavy (non-hydrogen) atoms. The van der Waals surface area contributed by atoms with Gasteiger partial charge >= 0.3 is 0 Å². The summed E-state index contributed by atoms with van der Waals surface area (Å²) in [5.41, 5.74) is 1.37. The van der Waals surface area contributed by atoms with E-state index in [1.54, 1.807) is 6.20 Å². The molecule has 2 aromatic rings. The number of para-hydroxylation sites is 1. The highest BCUT2D eigenvalue weighted by Gasteiger charge is 2.19. The first-order chi connectivity index (χ1) is 13.2. The lowest BCUT2D eigenvalue weighted by molar-refractivity contribution is -0.131. The summed E-state index contributed by atoms with van der Waals surface area (Å²) in [5, 5.41) is 3.63. The van der Waals surface area contributed by atoms with Crippen LogP contribution >= 0.6 is 11.8 Å². The second kappa shape index (κ2) is 9.60. The van der Waals surface area contributed by atoms with Crippen molar-refractivity contribution in [2.75, 3.05) is 25.9 Å². The van der Waals surface area contributed by atoms with E-state index in [4.69, 9.17) is 0 Å². The molecule has 0 bridgehead atoms. The molecule has 0 unspecified atom stereocenters. The first-order valence-electron chi connectivity index (χ1n) is 9.44. The number of hydrogen-bond acceptors (Lipinski definition) is 4. The van der Waals surface area contributed by atoms with E-state index in [-0.39, 0.29) is 11.8 Å². The summed E-state index contributed by atoms with van der Waals surface area (Å²) < 4.78 is 1.84. The lowest BCUT2D eigenvalue weighted by Crippen LogP contribution is -2.35. The molecule has 1 saturated heterocycles. The maximum Gasteiger partial charge on any atom is 0.269 e. The minimum Gasteiger partial charge on any atom is -0.350 e. The molecule has 1 N–H and O–H groups in total. The van der Waals surface area contributed by atoms with Crippen LogP contribution < -0.4 is 5.32 Å². The summed E-state index contributed by atoms with van der Waals surface area (Å²) in [6, 6.07) is 9.69. The van der Waals surface area contributed by atoms with Gasteiger partial charge < -0.3 is 10.2 Å². The number of benzene rings is 1. The molecule has 2 heterocycles. The Hall–Kier alpha value is -2.28. The molecule has 0 atom stereocenters. The number of imidazole rings is 1. The van der Waals surface area contributed by atoms with Crippen LogP contribution in [0.3, 0.4) is 0 Å². The predicted molar refractivity (Wildman–Crippen MR) is 107 cm³/mol. The molecule has 1 fully saturated rings. The number of carbonyl (C=O) groups excluding carboxylic acids is 2. The van der Waals surface area contributed by atoms with Crippen molar-refractivity contribution in [1.82, 2.24) is 19.8 Å². The van der Waals surface area contributed by atoms with Crippen molar-refractivity contribution in [3.05, 3.63) is 42.2 Å². The topological polar surface area (TPSA) is 67.2 Å². The van der Waals surface area contributed by atoms with Crippen LogP contribution in [0.25, 0.3) is 5.69 Å². The Morgan fingerprint density at radius 1 is 1.11 bits per heavy atom. The maximum absolute atomic E-state index is 12.7. The molecule has 1 aromatic heterocycles. The van der Waals surface area contributed by atoms with Gasteiger partial charge in [-0.3, -0.25) is 14.2 Å². The lowest BCUT2D eigenvalue weighted by atomic mass is 10.2. The zero-order chi connectivity index (χ0) is 19.1. The molecule has 7 heteroatoms. The summed E-state index contributed by atoms with van der Waals surface area (Å²) in [4.78, 5) is 31.3. The zero-order valence-corrected chi connectivity index (χ0v) is 16.5. The lowest BCUT2D eigenvalue weighted by Gasteiger charge is -2.20. The van der Waals surface area contributed by atoms with Crippen molar-refractivity contribution in [3.63, 3.8) is 0 Å². The second-order valence-electron chi connectivity index (χ2n) is 6.60. The average Bonchev–Trinajstić information content (AvgIpc) is 2.94. The third-order valence-corrected chi connectivity index (χ3v) is 5.40. The first kappa shape index (κ1) is 19.5. The van der Waals surface area contributed by atoms with Crippen LogP contribution in [0, 0.1) is 0 Å². The largest absolute Gasteiger partial charge is 0.350 e. The van der Waals surface area contributed by atoms with E-state index >= 15 is 0 Å². The second-order valence-corrected chi connectivity index (χ2v) is 7.38. The zero-order valence-electron chi connectivity index (χ0n) is 15.7. The molecular weight excluding hydrogens is 360 g/mol. The Kier molecular flexibility index (Phi) is 6.92. The highest BCUT2D eigenvalue weighted by atomic mass is 32.2. The Balaban J connectivity index is 1.61. The van der Waals surface area contributed by atoms with Gasteiger partial charge in [0.2, 0.25) is 5.91 Å². The van der Waals surface area contributed by atoms with Crippen molar-refractivity contribution in [1.29, 1.82) is 0 Å². The molecule has 1 aliphatic rings. The third-order valence-electron chi connectivity index (χ3n) is 4.74. The van der Waals surface area contributed by atoms with Gasteiger partial charge in [-0.1, -0.05) is 42.8 Å². The van der Waals surface area contributed by atoms with Crippen LogP contribution in [0.4, 0.5) is 0 Å². The van der Waals surface area contributed by atoms with Crippen molar-refractivity contribution in [2.24, 2.45) is 0 Å². The minimum absolute atomic E-state index is 0.124. The van der Waals surface area contributed by atoms with Crippen LogP contribution in [0.1, 0.15) is 42.6 Å². The maximum atomic E-state index is 12.7. The van der Waals surface area contributed by atoms with E-state index in [9.17, 15) is 9.59 Å². The fourth-order valence-electron chi connectivity index (χ4n) is 3.32. The Morgan fingerprint density at radius 3 is 2.48 bits per heavy atom. The predicted octanol–water partition coefficient (Wildman–Crippen LogP) is 3.12. The Morgan fingerprint density at radius 2 is 1.81 bits per heavy atom. The van der Waals surface area contributed by atoms with E-state index < -0.39 is 0 Å². The van der Waals surface area contributed by atoms with Crippen LogP contribution in [0.2, 0.25) is 0 Å². The quantitative estimate of drug-likeness (QED) is 0.775. The van der Waals surface area contributed by atoms with Gasteiger partial charge in [0, 0.05) is 31.7 Å². The molecule has 0 saturated carbocycles. The van der Waals surface area contributed by atoms with E-state index in [1.807, 2.05) is 46.1 Å². The molecule has 0 radical (unpaired) electrons. The number of rotatable bonds is 6. The monoisotopic (exact) mass is 386 g/mol. The standard InChI is InChI=1S/C20H26N4O2S/c1-27-20-22-15-17(24(20)16-9-5-4-6-10-16)19(26)21-12-11-18(25)23-13-7-2-3-8-14-23/h4-6,9-10,15H,2-3,7-8,11-14H2,1H3,(H,21,26). The highest BCUT2D eigenvalue weighted by molar-refractivity contribution is 7.98. The summed E-state index contributed by atoms with van der Waals surface area (Å²) in [6.45, 7) is 2.01. The van der Waals surface area contributed by atoms with Crippen LogP contribution in [-0.4, -0.2) is 52.2 Å². The normalized spacial score (nSPS) is 14.6. The fourth-order valence-corrected chi connectivity index (χ4v) is 3.86. The molecule has 0 aliphatic carbocycles. The van der Waals surface area contributed by atoms with Gasteiger partial charge in [-0.15, -0.1) is 0 Å². The van der Waals surface area contributed by atoms with Crippen molar-refractivity contribution in [2.45, 2.75) is 37.3 Å². The molecule has 144 valence electrons. The van der Waals surface area contributed by atoms with Crippen LogP contribution in [-0.2, 0) is 4.79 Å². The first-order valence-corrected chi connectivity index (χ1v) is 10.7. The fraction of sp³-hybridized carbons (Fsp3) is 0.450. The third kappa shape index (κ3) is 4.91. The number of nitrogens with one attached hydrogen (secondary N) is 1. The van der Waals surface area contributed by atoms with Gasteiger partial charge in [-0.05, 0) is 31.2 Å². The van der Waals surface area contributed by atoms with Crippen molar-refractivity contribution < 1.29 is 9.59 Å². The average molecular weight is 387 g/mol. The summed E-state index contributed by atoms with van der Waals surface area (Å²) >= 11 is 1.49. The molecular formula is C20H26N4O2S. The van der Waals surface area contributed by atoms with Gasteiger partial charge in [0.25, 0.3) is 5.91 Å². The Bertz CT molecular complexity index is 768. The van der Waals surface area contributed by atoms with Gasteiger partial charge in [0.15, 0.2) is 5.16 Å². The molecule has 1 aromatic carbocycles. The molecule has 3 rings (SSSR count). The summed E-state index contributed by atoms with van der Waals surface area (Å²) in [7, 11) is 0. The number of hydrogen-bond donors (Lipinski definition) is 1.